The first-order valence-corrected chi connectivity index (χ1v) is 13.2. The third-order valence-corrected chi connectivity index (χ3v) is 7.42. The van der Waals surface area contributed by atoms with Crippen LogP contribution in [0.15, 0.2) is 65.0 Å². The molecule has 2 aromatic carbocycles. The number of ketones is 1. The van der Waals surface area contributed by atoms with Crippen molar-refractivity contribution in [1.29, 1.82) is 0 Å². The van der Waals surface area contributed by atoms with Gasteiger partial charge in [-0.05, 0) is 36.0 Å². The molecule has 0 fully saturated rings. The van der Waals surface area contributed by atoms with Crippen molar-refractivity contribution in [2.75, 3.05) is 11.2 Å². The first-order chi connectivity index (χ1) is 16.5. The summed E-state index contributed by atoms with van der Waals surface area (Å²) in [5, 5.41) is 19.2. The molecule has 2 atom stereocenters. The van der Waals surface area contributed by atoms with Gasteiger partial charge < -0.3 is 5.11 Å². The number of rotatable bonds is 9. The number of anilines is 1. The molecule has 4 rings (SSSR count). The smallest absolute Gasteiger partial charge is 0.168 e. The third-order valence-electron chi connectivity index (χ3n) is 6.32. The molecule has 1 aliphatic carbocycles. The zero-order chi connectivity index (χ0) is 24.1. The van der Waals surface area contributed by atoms with Gasteiger partial charge in [-0.2, -0.15) is 16.9 Å². The fourth-order valence-corrected chi connectivity index (χ4v) is 5.85. The number of aliphatic hydroxyl groups is 1. The summed E-state index contributed by atoms with van der Waals surface area (Å²) < 4.78 is 0. The summed E-state index contributed by atoms with van der Waals surface area (Å²) in [6.07, 6.45) is 3.37. The van der Waals surface area contributed by atoms with Crippen molar-refractivity contribution in [2.24, 2.45) is 11.0 Å². The zero-order valence-electron chi connectivity index (χ0n) is 20.2. The number of Topliss-reactive ketones (excluding diaryl/α,β-unsaturated/α-hetero) is 1. The Morgan fingerprint density at radius 2 is 1.82 bits per heavy atom. The molecule has 2 unspecified atom stereocenters. The van der Waals surface area contributed by atoms with Gasteiger partial charge in [0.2, 0.25) is 0 Å². The SMILES string of the molecule is CCC/C(=N\Nc1nc2ccccc2c2ccccc12)C1=C(O)CC(CC(C)SCC)CC1=O. The molecular formula is C28H33N3O2S. The molecule has 1 heterocycles. The number of fused-ring (bicyclic) bond motifs is 3. The lowest BCUT2D eigenvalue weighted by atomic mass is 9.82. The van der Waals surface area contributed by atoms with E-state index in [1.54, 1.807) is 0 Å². The van der Waals surface area contributed by atoms with Gasteiger partial charge in [0.25, 0.3) is 0 Å². The van der Waals surface area contributed by atoms with Gasteiger partial charge in [0, 0.05) is 28.9 Å². The quantitative estimate of drug-likeness (QED) is 0.193. The molecule has 1 aliphatic rings. The Bertz CT molecular complexity index is 1250. The number of carbonyl (C=O) groups is 1. The molecular weight excluding hydrogens is 442 g/mol. The van der Waals surface area contributed by atoms with E-state index in [2.05, 4.69) is 43.4 Å². The van der Waals surface area contributed by atoms with Crippen LogP contribution in [-0.2, 0) is 4.79 Å². The van der Waals surface area contributed by atoms with E-state index in [0.717, 1.165) is 40.3 Å². The number of benzene rings is 2. The number of thioether (sulfide) groups is 1. The molecule has 0 radical (unpaired) electrons. The minimum absolute atomic E-state index is 0.00669. The number of hydrogen-bond acceptors (Lipinski definition) is 6. The maximum Gasteiger partial charge on any atom is 0.168 e. The van der Waals surface area contributed by atoms with Crippen LogP contribution in [0.2, 0.25) is 0 Å². The van der Waals surface area contributed by atoms with Gasteiger partial charge in [-0.15, -0.1) is 0 Å². The fraction of sp³-hybridized carbons (Fsp3) is 0.393. The van der Waals surface area contributed by atoms with Gasteiger partial charge >= 0.3 is 0 Å². The Labute approximate surface area is 205 Å². The summed E-state index contributed by atoms with van der Waals surface area (Å²) in [6.45, 7) is 6.40. The molecule has 34 heavy (non-hydrogen) atoms. The molecule has 0 saturated heterocycles. The van der Waals surface area contributed by atoms with E-state index in [9.17, 15) is 9.90 Å². The maximum atomic E-state index is 13.1. The molecule has 0 saturated carbocycles. The van der Waals surface area contributed by atoms with Crippen molar-refractivity contribution in [1.82, 2.24) is 4.98 Å². The van der Waals surface area contributed by atoms with E-state index in [-0.39, 0.29) is 17.5 Å². The van der Waals surface area contributed by atoms with E-state index in [0.29, 0.717) is 41.6 Å². The van der Waals surface area contributed by atoms with Crippen molar-refractivity contribution in [3.8, 4) is 0 Å². The predicted octanol–water partition coefficient (Wildman–Crippen LogP) is 7.28. The summed E-state index contributed by atoms with van der Waals surface area (Å²) in [5.41, 5.74) is 5.03. The molecule has 0 aliphatic heterocycles. The monoisotopic (exact) mass is 475 g/mol. The highest BCUT2D eigenvalue weighted by Gasteiger charge is 2.31. The first-order valence-electron chi connectivity index (χ1n) is 12.2. The van der Waals surface area contributed by atoms with Gasteiger partial charge in [-0.1, -0.05) is 69.7 Å². The molecule has 0 spiro atoms. The number of aromatic nitrogens is 1. The van der Waals surface area contributed by atoms with Crippen LogP contribution in [-0.4, -0.2) is 32.6 Å². The summed E-state index contributed by atoms with van der Waals surface area (Å²) in [6, 6.07) is 16.1. The van der Waals surface area contributed by atoms with E-state index in [1.807, 2.05) is 48.2 Å². The van der Waals surface area contributed by atoms with Crippen molar-refractivity contribution in [3.63, 3.8) is 0 Å². The maximum absolute atomic E-state index is 13.1. The highest BCUT2D eigenvalue weighted by molar-refractivity contribution is 7.99. The summed E-state index contributed by atoms with van der Waals surface area (Å²) >= 11 is 1.90. The van der Waals surface area contributed by atoms with Crippen molar-refractivity contribution >= 4 is 50.8 Å². The second kappa shape index (κ2) is 11.0. The number of nitrogens with one attached hydrogen (secondary N) is 1. The Morgan fingerprint density at radius 3 is 2.53 bits per heavy atom. The Morgan fingerprint density at radius 1 is 1.12 bits per heavy atom. The molecule has 3 aromatic rings. The van der Waals surface area contributed by atoms with Crippen LogP contribution in [0.25, 0.3) is 21.7 Å². The highest BCUT2D eigenvalue weighted by Crippen LogP contribution is 2.33. The van der Waals surface area contributed by atoms with Gasteiger partial charge in [0.05, 0.1) is 16.8 Å². The minimum Gasteiger partial charge on any atom is -0.511 e. The molecule has 2 N–H and O–H groups in total. The van der Waals surface area contributed by atoms with Crippen LogP contribution in [0, 0.1) is 5.92 Å². The van der Waals surface area contributed by atoms with Crippen LogP contribution in [0.3, 0.4) is 0 Å². The summed E-state index contributed by atoms with van der Waals surface area (Å²) in [4.78, 5) is 17.9. The lowest BCUT2D eigenvalue weighted by molar-refractivity contribution is -0.116. The normalized spacial score (nSPS) is 18.0. The summed E-state index contributed by atoms with van der Waals surface area (Å²) in [7, 11) is 0. The number of aliphatic hydroxyl groups excluding tert-OH is 1. The topological polar surface area (TPSA) is 74.6 Å². The van der Waals surface area contributed by atoms with E-state index < -0.39 is 0 Å². The third kappa shape index (κ3) is 5.27. The summed E-state index contributed by atoms with van der Waals surface area (Å²) in [5.74, 6) is 2.07. The van der Waals surface area contributed by atoms with Crippen molar-refractivity contribution in [3.05, 3.63) is 59.9 Å². The number of hydrazone groups is 1. The number of para-hydroxylation sites is 1. The molecule has 5 nitrogen and oxygen atoms in total. The van der Waals surface area contributed by atoms with Gasteiger partial charge in [0.15, 0.2) is 11.6 Å². The van der Waals surface area contributed by atoms with Crippen molar-refractivity contribution in [2.45, 2.75) is 58.1 Å². The lowest BCUT2D eigenvalue weighted by Crippen LogP contribution is -2.26. The van der Waals surface area contributed by atoms with Gasteiger partial charge in [0.1, 0.15) is 5.76 Å². The van der Waals surface area contributed by atoms with Crippen LogP contribution >= 0.6 is 11.8 Å². The Kier molecular flexibility index (Phi) is 7.88. The second-order valence-corrected chi connectivity index (χ2v) is 10.7. The molecule has 0 bridgehead atoms. The number of pyridine rings is 1. The average molecular weight is 476 g/mol. The molecule has 6 heteroatoms. The van der Waals surface area contributed by atoms with E-state index in [1.165, 1.54) is 0 Å². The predicted molar refractivity (Wildman–Crippen MR) is 145 cm³/mol. The molecule has 178 valence electrons. The number of hydrogen-bond donors (Lipinski definition) is 2. The van der Waals surface area contributed by atoms with E-state index >= 15 is 0 Å². The zero-order valence-corrected chi connectivity index (χ0v) is 21.0. The standard InChI is InChI=1S/C28H33N3O2S/c1-4-10-24(27-25(32)16-19(17-26(27)33)15-18(3)34-5-2)30-31-28-22-13-7-6-11-20(22)21-12-8-9-14-23(21)29-28/h6-9,11-14,18-19,32H,4-5,10,15-17H2,1-3H3,(H,29,31)/b30-24+. The van der Waals surface area contributed by atoms with Gasteiger partial charge in [-0.25, -0.2) is 4.98 Å². The van der Waals surface area contributed by atoms with E-state index in [4.69, 9.17) is 4.98 Å². The molecule has 0 amide bonds. The Balaban J connectivity index is 1.65. The number of allylic oxidation sites excluding steroid dienone is 2. The second-order valence-electron chi connectivity index (χ2n) is 8.96. The number of carbonyl (C=O) groups excluding carboxylic acids is 1. The average Bonchev–Trinajstić information content (AvgIpc) is 2.82. The number of nitrogens with zero attached hydrogens (tertiary/aromatic N) is 2. The fourth-order valence-electron chi connectivity index (χ4n) is 4.87. The molecule has 1 aromatic heterocycles. The van der Waals surface area contributed by atoms with Crippen LogP contribution < -0.4 is 5.43 Å². The van der Waals surface area contributed by atoms with Crippen molar-refractivity contribution < 1.29 is 9.90 Å². The first kappa shape index (κ1) is 24.3. The minimum atomic E-state index is -0.00669. The van der Waals surface area contributed by atoms with Crippen LogP contribution in [0.4, 0.5) is 5.82 Å². The largest absolute Gasteiger partial charge is 0.511 e. The van der Waals surface area contributed by atoms with Crippen LogP contribution in [0.5, 0.6) is 0 Å². The van der Waals surface area contributed by atoms with Crippen LogP contribution in [0.1, 0.15) is 52.9 Å². The lowest BCUT2D eigenvalue weighted by Gasteiger charge is -2.26. The Hall–Kier alpha value is -2.86. The van der Waals surface area contributed by atoms with Gasteiger partial charge in [-0.3, -0.25) is 10.2 Å². The highest BCUT2D eigenvalue weighted by atomic mass is 32.2.